The molecular formula is C30H44O10. The molecule has 5 N–H and O–H groups in total. The van der Waals surface area contributed by atoms with Crippen molar-refractivity contribution < 1.29 is 49.4 Å². The minimum atomic E-state index is -1.65. The van der Waals surface area contributed by atoms with E-state index < -0.39 is 77.1 Å². The number of Topliss-reactive ketones (excluding diaryl/α,β-unsaturated/α-hetero) is 3. The summed E-state index contributed by atoms with van der Waals surface area (Å²) in [4.78, 5) is 40.7. The van der Waals surface area contributed by atoms with Crippen molar-refractivity contribution in [1.82, 2.24) is 0 Å². The molecule has 4 fully saturated rings. The predicted octanol–water partition coefficient (Wildman–Crippen LogP) is 0.694. The molecule has 0 radical (unpaired) electrons. The Bertz CT molecular complexity index is 1130. The Morgan fingerprint density at radius 1 is 1.02 bits per heavy atom. The highest BCUT2D eigenvalue weighted by Crippen LogP contribution is 2.73. The lowest BCUT2D eigenvalue weighted by atomic mass is 9.39. The van der Waals surface area contributed by atoms with E-state index in [4.69, 9.17) is 9.47 Å². The standard InChI is InChI=1S/C30H44O10/c1-13(32)21-16(33)10-28(4)19-8-7-14-15(30(19,6)20(34)11-29(21,28)5)9-17(25(38)27(14,2)3)39-26-24(37)23(36)22(35)18(12-31)40-26/h7,15-19,21-24,26,31,33,35-37H,8-12H2,1-6H3/t15-,16-,17+,18-,19+,21+,22-,23+,24-,26-,28+,29-,30+/m1/s1. The van der Waals surface area contributed by atoms with Crippen molar-refractivity contribution in [3.63, 3.8) is 0 Å². The second kappa shape index (κ2) is 9.49. The van der Waals surface area contributed by atoms with Gasteiger partial charge in [0.1, 0.15) is 42.1 Å². The van der Waals surface area contributed by atoms with Crippen LogP contribution in [0.1, 0.15) is 67.2 Å². The number of rotatable bonds is 4. The van der Waals surface area contributed by atoms with Crippen LogP contribution in [0.2, 0.25) is 0 Å². The Hall–Kier alpha value is -1.53. The van der Waals surface area contributed by atoms with E-state index in [1.807, 2.05) is 13.8 Å². The van der Waals surface area contributed by atoms with Gasteiger partial charge in [-0.15, -0.1) is 0 Å². The zero-order valence-electron chi connectivity index (χ0n) is 24.2. The normalized spacial score (nSPS) is 51.9. The van der Waals surface area contributed by atoms with Gasteiger partial charge in [-0.25, -0.2) is 0 Å². The summed E-state index contributed by atoms with van der Waals surface area (Å²) >= 11 is 0. The Kier molecular flexibility index (Phi) is 7.10. The summed E-state index contributed by atoms with van der Waals surface area (Å²) in [6.45, 7) is 10.5. The molecule has 0 aromatic heterocycles. The quantitative estimate of drug-likeness (QED) is 0.306. The molecule has 0 amide bonds. The molecule has 0 bridgehead atoms. The van der Waals surface area contributed by atoms with Crippen LogP contribution in [0.25, 0.3) is 0 Å². The highest BCUT2D eigenvalue weighted by Gasteiger charge is 2.73. The molecule has 1 aliphatic heterocycles. The van der Waals surface area contributed by atoms with Gasteiger partial charge in [-0.05, 0) is 62.7 Å². The molecule has 1 heterocycles. The first kappa shape index (κ1) is 29.9. The fraction of sp³-hybridized carbons (Fsp3) is 0.833. The fourth-order valence-corrected chi connectivity index (χ4v) is 9.56. The van der Waals surface area contributed by atoms with Crippen LogP contribution in [0, 0.1) is 39.4 Å². The van der Waals surface area contributed by atoms with Crippen molar-refractivity contribution in [2.45, 2.75) is 110 Å². The number of carbonyl (C=O) groups is 3. The number of hydrogen-bond acceptors (Lipinski definition) is 10. The number of ketones is 3. The first-order chi connectivity index (χ1) is 18.5. The number of fused-ring (bicyclic) bond motifs is 5. The van der Waals surface area contributed by atoms with E-state index in [0.29, 0.717) is 12.8 Å². The molecule has 0 spiro atoms. The van der Waals surface area contributed by atoms with E-state index >= 15 is 0 Å². The van der Waals surface area contributed by atoms with Gasteiger partial charge in [0.2, 0.25) is 0 Å². The van der Waals surface area contributed by atoms with E-state index in [9.17, 15) is 39.9 Å². The van der Waals surface area contributed by atoms with E-state index in [0.717, 1.165) is 5.57 Å². The van der Waals surface area contributed by atoms with Crippen LogP contribution in [0.5, 0.6) is 0 Å². The van der Waals surface area contributed by atoms with Crippen LogP contribution in [-0.2, 0) is 23.9 Å². The highest BCUT2D eigenvalue weighted by molar-refractivity contribution is 5.95. The average Bonchev–Trinajstić information content (AvgIpc) is 3.07. The number of ether oxygens (including phenoxy) is 2. The van der Waals surface area contributed by atoms with Gasteiger partial charge >= 0.3 is 0 Å². The van der Waals surface area contributed by atoms with Crippen LogP contribution in [0.3, 0.4) is 0 Å². The molecule has 3 saturated carbocycles. The molecule has 0 aromatic carbocycles. The molecule has 40 heavy (non-hydrogen) atoms. The third-order valence-corrected chi connectivity index (χ3v) is 12.0. The Morgan fingerprint density at radius 2 is 1.68 bits per heavy atom. The number of aliphatic hydroxyl groups excluding tert-OH is 5. The zero-order valence-corrected chi connectivity index (χ0v) is 24.2. The molecule has 224 valence electrons. The van der Waals surface area contributed by atoms with Gasteiger partial charge in [-0.3, -0.25) is 14.4 Å². The predicted molar refractivity (Wildman–Crippen MR) is 140 cm³/mol. The third-order valence-electron chi connectivity index (χ3n) is 12.0. The van der Waals surface area contributed by atoms with Crippen molar-refractivity contribution in [2.75, 3.05) is 6.61 Å². The third kappa shape index (κ3) is 3.76. The van der Waals surface area contributed by atoms with E-state index in [-0.39, 0.29) is 42.0 Å². The van der Waals surface area contributed by atoms with Gasteiger partial charge in [0.15, 0.2) is 12.1 Å². The second-order valence-corrected chi connectivity index (χ2v) is 14.1. The van der Waals surface area contributed by atoms with Crippen molar-refractivity contribution in [2.24, 2.45) is 39.4 Å². The molecule has 4 aliphatic carbocycles. The maximum absolute atomic E-state index is 14.3. The SMILES string of the molecule is CC(=O)[C@H]1[C@H](O)C[C@@]2(C)[C@@H]3CC=C4[C@@H](C[C@H](O[C@@H]5O[C@H](CO)[C@@H](O)[C@H](O)[C@H]5O)C(=O)C4(C)C)[C@]3(C)C(=O)C[C@]12C. The van der Waals surface area contributed by atoms with Crippen LogP contribution in [0.4, 0.5) is 0 Å². The molecule has 5 rings (SSSR count). The topological polar surface area (TPSA) is 171 Å². The van der Waals surface area contributed by atoms with Crippen molar-refractivity contribution in [1.29, 1.82) is 0 Å². The summed E-state index contributed by atoms with van der Waals surface area (Å²) in [5.41, 5.74) is -2.22. The summed E-state index contributed by atoms with van der Waals surface area (Å²) in [5.74, 6) is -1.54. The van der Waals surface area contributed by atoms with E-state index in [1.54, 1.807) is 13.8 Å². The number of carbonyl (C=O) groups excluding carboxylic acids is 3. The van der Waals surface area contributed by atoms with Crippen molar-refractivity contribution >= 4 is 17.3 Å². The summed E-state index contributed by atoms with van der Waals surface area (Å²) in [7, 11) is 0. The lowest BCUT2D eigenvalue weighted by Crippen LogP contribution is -2.65. The molecular weight excluding hydrogens is 520 g/mol. The fourth-order valence-electron chi connectivity index (χ4n) is 9.56. The largest absolute Gasteiger partial charge is 0.394 e. The average molecular weight is 565 g/mol. The van der Waals surface area contributed by atoms with E-state index in [1.165, 1.54) is 6.92 Å². The van der Waals surface area contributed by atoms with Gasteiger partial charge in [0.25, 0.3) is 0 Å². The summed E-state index contributed by atoms with van der Waals surface area (Å²) in [6.07, 6.45) is -6.10. The Morgan fingerprint density at radius 3 is 2.27 bits per heavy atom. The van der Waals surface area contributed by atoms with Gasteiger partial charge in [0.05, 0.1) is 12.7 Å². The molecule has 0 unspecified atom stereocenters. The van der Waals surface area contributed by atoms with Crippen LogP contribution in [0.15, 0.2) is 11.6 Å². The lowest BCUT2D eigenvalue weighted by Gasteiger charge is -2.64. The lowest BCUT2D eigenvalue weighted by molar-refractivity contribution is -0.311. The first-order valence-electron chi connectivity index (χ1n) is 14.4. The molecule has 13 atom stereocenters. The molecule has 1 saturated heterocycles. The van der Waals surface area contributed by atoms with Crippen LogP contribution >= 0.6 is 0 Å². The van der Waals surface area contributed by atoms with Crippen LogP contribution in [-0.4, -0.2) is 92.4 Å². The molecule has 5 aliphatic rings. The highest BCUT2D eigenvalue weighted by atomic mass is 16.7. The maximum atomic E-state index is 14.3. The van der Waals surface area contributed by atoms with Crippen LogP contribution < -0.4 is 0 Å². The van der Waals surface area contributed by atoms with Gasteiger partial charge in [-0.1, -0.05) is 32.4 Å². The summed E-state index contributed by atoms with van der Waals surface area (Å²) in [6, 6.07) is 0. The minimum absolute atomic E-state index is 0.00478. The minimum Gasteiger partial charge on any atom is -0.394 e. The van der Waals surface area contributed by atoms with Crippen molar-refractivity contribution in [3.8, 4) is 0 Å². The number of hydrogen-bond donors (Lipinski definition) is 5. The maximum Gasteiger partial charge on any atom is 0.187 e. The molecule has 10 heteroatoms. The summed E-state index contributed by atoms with van der Waals surface area (Å²) < 4.78 is 11.6. The molecule has 10 nitrogen and oxygen atoms in total. The molecule has 0 aromatic rings. The zero-order chi connectivity index (χ0) is 29.7. The number of aliphatic hydroxyl groups is 5. The Balaban J connectivity index is 1.52. The van der Waals surface area contributed by atoms with Gasteiger partial charge in [-0.2, -0.15) is 0 Å². The first-order valence-corrected chi connectivity index (χ1v) is 14.4. The van der Waals surface area contributed by atoms with Crippen molar-refractivity contribution in [3.05, 3.63) is 11.6 Å². The van der Waals surface area contributed by atoms with E-state index in [2.05, 4.69) is 13.0 Å². The van der Waals surface area contributed by atoms with Gasteiger partial charge < -0.3 is 35.0 Å². The monoisotopic (exact) mass is 564 g/mol. The second-order valence-electron chi connectivity index (χ2n) is 14.1. The Labute approximate surface area is 234 Å². The number of allylic oxidation sites excluding steroid dienone is 2. The van der Waals surface area contributed by atoms with Gasteiger partial charge in [0, 0.05) is 23.2 Å². The smallest absolute Gasteiger partial charge is 0.187 e. The summed E-state index contributed by atoms with van der Waals surface area (Å²) in [5, 5.41) is 51.6.